The second-order valence-corrected chi connectivity index (χ2v) is 8.64. The Morgan fingerprint density at radius 1 is 0.571 bits per heavy atom. The van der Waals surface area contributed by atoms with Gasteiger partial charge < -0.3 is 9.47 Å². The molecule has 0 aliphatic carbocycles. The lowest BCUT2D eigenvalue weighted by Gasteiger charge is -2.08. The standard InChI is InChI=1S/C32H22O3/c1-21-16-17-28-29(18-21)35-31(20-25-13-7-11-23-9-3-5-15-27(23)25)32(33)30(34-28)19-24-12-6-10-22-8-2-4-14-26(22)24/h2-20H,1H3/b30-19-,31-20-. The molecule has 0 fully saturated rings. The number of rotatable bonds is 2. The monoisotopic (exact) mass is 454 g/mol. The van der Waals surface area contributed by atoms with Crippen LogP contribution in [0, 0.1) is 6.92 Å². The van der Waals surface area contributed by atoms with Crippen molar-refractivity contribution in [1.82, 2.24) is 0 Å². The first-order chi connectivity index (χ1) is 17.2. The molecule has 0 N–H and O–H groups in total. The van der Waals surface area contributed by atoms with Gasteiger partial charge in [-0.1, -0.05) is 91.0 Å². The minimum atomic E-state index is -0.306. The van der Waals surface area contributed by atoms with Crippen molar-refractivity contribution in [2.24, 2.45) is 0 Å². The van der Waals surface area contributed by atoms with E-state index in [-0.39, 0.29) is 17.3 Å². The van der Waals surface area contributed by atoms with E-state index in [0.29, 0.717) is 11.5 Å². The zero-order valence-electron chi connectivity index (χ0n) is 19.2. The van der Waals surface area contributed by atoms with Crippen LogP contribution in [0.3, 0.4) is 0 Å². The summed E-state index contributed by atoms with van der Waals surface area (Å²) in [6.45, 7) is 1.98. The first-order valence-electron chi connectivity index (χ1n) is 11.6. The fourth-order valence-corrected chi connectivity index (χ4v) is 4.46. The molecule has 3 heteroatoms. The molecule has 0 saturated carbocycles. The number of aryl methyl sites for hydroxylation is 1. The molecule has 6 rings (SSSR count). The molecule has 0 radical (unpaired) electrons. The van der Waals surface area contributed by atoms with Gasteiger partial charge in [-0.3, -0.25) is 4.79 Å². The highest BCUT2D eigenvalue weighted by molar-refractivity contribution is 6.13. The van der Waals surface area contributed by atoms with Crippen LogP contribution in [0.1, 0.15) is 16.7 Å². The van der Waals surface area contributed by atoms with Crippen molar-refractivity contribution in [3.05, 3.63) is 131 Å². The van der Waals surface area contributed by atoms with Crippen LogP contribution in [0.2, 0.25) is 0 Å². The molecule has 5 aromatic rings. The summed E-state index contributed by atoms with van der Waals surface area (Å²) in [6, 6.07) is 33.9. The van der Waals surface area contributed by atoms with E-state index in [9.17, 15) is 4.79 Å². The Morgan fingerprint density at radius 2 is 1.09 bits per heavy atom. The molecule has 168 valence electrons. The van der Waals surface area contributed by atoms with Gasteiger partial charge in [-0.25, -0.2) is 0 Å². The first kappa shape index (κ1) is 20.9. The predicted molar refractivity (Wildman–Crippen MR) is 141 cm³/mol. The van der Waals surface area contributed by atoms with E-state index in [1.807, 2.05) is 91.9 Å². The van der Waals surface area contributed by atoms with Crippen molar-refractivity contribution in [3.63, 3.8) is 0 Å². The van der Waals surface area contributed by atoms with Gasteiger partial charge in [-0.05, 0) is 69.4 Å². The van der Waals surface area contributed by atoms with Crippen molar-refractivity contribution < 1.29 is 14.3 Å². The lowest BCUT2D eigenvalue weighted by atomic mass is 10.0. The molecule has 0 unspecified atom stereocenters. The number of hydrogen-bond donors (Lipinski definition) is 0. The van der Waals surface area contributed by atoms with Gasteiger partial charge in [-0.15, -0.1) is 0 Å². The highest BCUT2D eigenvalue weighted by Crippen LogP contribution is 2.37. The number of fused-ring (bicyclic) bond motifs is 3. The third-order valence-corrected chi connectivity index (χ3v) is 6.21. The lowest BCUT2D eigenvalue weighted by Crippen LogP contribution is -2.12. The second kappa shape index (κ2) is 8.62. The average molecular weight is 455 g/mol. The zero-order chi connectivity index (χ0) is 23.8. The Morgan fingerprint density at radius 3 is 1.69 bits per heavy atom. The van der Waals surface area contributed by atoms with Gasteiger partial charge in [0.15, 0.2) is 23.0 Å². The molecule has 0 spiro atoms. The van der Waals surface area contributed by atoms with Crippen LogP contribution in [0.4, 0.5) is 0 Å². The normalized spacial score (nSPS) is 15.6. The number of benzene rings is 5. The summed E-state index contributed by atoms with van der Waals surface area (Å²) in [5, 5.41) is 4.30. The molecular formula is C32H22O3. The predicted octanol–water partition coefficient (Wildman–Crippen LogP) is 7.72. The van der Waals surface area contributed by atoms with E-state index in [0.717, 1.165) is 38.2 Å². The summed E-state index contributed by atoms with van der Waals surface area (Å²) in [6.07, 6.45) is 3.61. The lowest BCUT2D eigenvalue weighted by molar-refractivity contribution is -0.115. The molecule has 35 heavy (non-hydrogen) atoms. The molecule has 0 atom stereocenters. The SMILES string of the molecule is Cc1ccc2c(c1)O/C(=C\c1cccc3ccccc13)C(=O)/C(=C/c1cccc3ccccc13)O2. The van der Waals surface area contributed by atoms with Crippen LogP contribution in [0.5, 0.6) is 11.5 Å². The Kier molecular flexibility index (Phi) is 5.16. The minimum Gasteiger partial charge on any atom is -0.449 e. The highest BCUT2D eigenvalue weighted by Gasteiger charge is 2.27. The van der Waals surface area contributed by atoms with Gasteiger partial charge in [0.05, 0.1) is 0 Å². The van der Waals surface area contributed by atoms with Crippen molar-refractivity contribution in [1.29, 1.82) is 0 Å². The van der Waals surface area contributed by atoms with Crippen molar-refractivity contribution in [2.45, 2.75) is 6.92 Å². The van der Waals surface area contributed by atoms with Crippen LogP contribution >= 0.6 is 0 Å². The topological polar surface area (TPSA) is 35.5 Å². The van der Waals surface area contributed by atoms with Gasteiger partial charge in [0.1, 0.15) is 0 Å². The summed E-state index contributed by atoms with van der Waals surface area (Å²) >= 11 is 0. The summed E-state index contributed by atoms with van der Waals surface area (Å²) < 4.78 is 12.4. The van der Waals surface area contributed by atoms with Crippen LogP contribution in [0.25, 0.3) is 33.7 Å². The van der Waals surface area contributed by atoms with Crippen LogP contribution < -0.4 is 9.47 Å². The second-order valence-electron chi connectivity index (χ2n) is 8.64. The van der Waals surface area contributed by atoms with E-state index in [4.69, 9.17) is 9.47 Å². The molecule has 5 aromatic carbocycles. The first-order valence-corrected chi connectivity index (χ1v) is 11.6. The van der Waals surface area contributed by atoms with Gasteiger partial charge in [0.25, 0.3) is 5.78 Å². The van der Waals surface area contributed by atoms with Crippen LogP contribution in [0.15, 0.2) is 115 Å². The van der Waals surface area contributed by atoms with Gasteiger partial charge in [0.2, 0.25) is 0 Å². The average Bonchev–Trinajstić information content (AvgIpc) is 3.01. The molecule has 0 saturated heterocycles. The Hall–Kier alpha value is -4.63. The smallest absolute Gasteiger partial charge is 0.263 e. The summed E-state index contributed by atoms with van der Waals surface area (Å²) in [5.41, 5.74) is 2.84. The number of ketones is 1. The molecule has 1 aliphatic heterocycles. The molecule has 1 aliphatic rings. The maximum Gasteiger partial charge on any atom is 0.263 e. The maximum absolute atomic E-state index is 13.8. The zero-order valence-corrected chi connectivity index (χ0v) is 19.2. The fraction of sp³-hybridized carbons (Fsp3) is 0.0312. The molecule has 0 bridgehead atoms. The van der Waals surface area contributed by atoms with E-state index in [1.165, 1.54) is 0 Å². The maximum atomic E-state index is 13.8. The van der Waals surface area contributed by atoms with Gasteiger partial charge in [-0.2, -0.15) is 0 Å². The molecule has 0 aromatic heterocycles. The van der Waals surface area contributed by atoms with Crippen molar-refractivity contribution in [3.8, 4) is 11.5 Å². The summed E-state index contributed by atoms with van der Waals surface area (Å²) in [7, 11) is 0. The largest absolute Gasteiger partial charge is 0.449 e. The van der Waals surface area contributed by atoms with E-state index in [2.05, 4.69) is 24.3 Å². The molecule has 3 nitrogen and oxygen atoms in total. The minimum absolute atomic E-state index is 0.218. The van der Waals surface area contributed by atoms with Crippen LogP contribution in [-0.2, 0) is 4.79 Å². The van der Waals surface area contributed by atoms with E-state index >= 15 is 0 Å². The van der Waals surface area contributed by atoms with E-state index in [1.54, 1.807) is 6.08 Å². The molecular weight excluding hydrogens is 432 g/mol. The number of carbonyl (C=O) groups excluding carboxylic acids is 1. The Labute approximate surface area is 203 Å². The third kappa shape index (κ3) is 3.98. The fourth-order valence-electron chi connectivity index (χ4n) is 4.46. The van der Waals surface area contributed by atoms with Gasteiger partial charge in [0, 0.05) is 0 Å². The quantitative estimate of drug-likeness (QED) is 0.256. The number of carbonyl (C=O) groups is 1. The number of Topliss-reactive ketones (excluding diaryl/α,β-unsaturated/α-hetero) is 1. The van der Waals surface area contributed by atoms with Crippen LogP contribution in [-0.4, -0.2) is 5.78 Å². The summed E-state index contributed by atoms with van der Waals surface area (Å²) in [4.78, 5) is 13.8. The number of hydrogen-bond acceptors (Lipinski definition) is 3. The summed E-state index contributed by atoms with van der Waals surface area (Å²) in [5.74, 6) is 1.16. The van der Waals surface area contributed by atoms with Gasteiger partial charge >= 0.3 is 0 Å². The van der Waals surface area contributed by atoms with E-state index < -0.39 is 0 Å². The third-order valence-electron chi connectivity index (χ3n) is 6.21. The number of ether oxygens (including phenoxy) is 2. The molecule has 0 amide bonds. The Bertz CT molecular complexity index is 1660. The van der Waals surface area contributed by atoms with Crippen molar-refractivity contribution in [2.75, 3.05) is 0 Å². The van der Waals surface area contributed by atoms with Crippen molar-refractivity contribution >= 4 is 39.5 Å². The highest BCUT2D eigenvalue weighted by atomic mass is 16.5. The molecule has 1 heterocycles. The Balaban J connectivity index is 1.54.